The maximum absolute atomic E-state index is 11.6. The maximum atomic E-state index is 11.6. The molecule has 0 N–H and O–H groups in total. The SMILES string of the molecule is CCCN(Cl)C(=O)c1ccc([N+](=O)[O-])cc1. The molecule has 0 aliphatic heterocycles. The van der Waals surface area contributed by atoms with Crippen LogP contribution in [-0.2, 0) is 0 Å². The Kier molecular flexibility index (Phi) is 4.25. The fourth-order valence-electron chi connectivity index (χ4n) is 1.16. The maximum Gasteiger partial charge on any atom is 0.269 e. The minimum absolute atomic E-state index is 0.0480. The van der Waals surface area contributed by atoms with Crippen molar-refractivity contribution in [2.75, 3.05) is 6.54 Å². The Morgan fingerprint density at radius 3 is 2.44 bits per heavy atom. The van der Waals surface area contributed by atoms with Gasteiger partial charge in [-0.15, -0.1) is 0 Å². The third-order valence-corrected chi connectivity index (χ3v) is 2.29. The second-order valence-electron chi connectivity index (χ2n) is 3.19. The molecule has 1 rings (SSSR count). The standard InChI is InChI=1S/C10H11ClN2O3/c1-2-7-12(11)10(14)8-3-5-9(6-4-8)13(15)16/h3-6H,2,7H2,1H3. The average molecular weight is 243 g/mol. The molecule has 0 fully saturated rings. The molecule has 0 aliphatic rings. The van der Waals surface area contributed by atoms with Gasteiger partial charge >= 0.3 is 0 Å². The molecule has 0 aliphatic carbocycles. The van der Waals surface area contributed by atoms with Crippen molar-refractivity contribution in [3.05, 3.63) is 39.9 Å². The predicted molar refractivity (Wildman–Crippen MR) is 60.3 cm³/mol. The predicted octanol–water partition coefficient (Wildman–Crippen LogP) is 2.60. The molecular formula is C10H11ClN2O3. The molecule has 86 valence electrons. The van der Waals surface area contributed by atoms with Crippen LogP contribution in [0.1, 0.15) is 23.7 Å². The van der Waals surface area contributed by atoms with Gasteiger partial charge in [-0.05, 0) is 18.6 Å². The largest absolute Gasteiger partial charge is 0.269 e. The van der Waals surface area contributed by atoms with Gasteiger partial charge in [-0.1, -0.05) is 6.92 Å². The molecule has 1 aromatic rings. The highest BCUT2D eigenvalue weighted by Gasteiger charge is 2.14. The van der Waals surface area contributed by atoms with Gasteiger partial charge in [0.2, 0.25) is 0 Å². The van der Waals surface area contributed by atoms with E-state index in [1.165, 1.54) is 24.3 Å². The normalized spacial score (nSPS) is 9.88. The molecule has 0 saturated carbocycles. The fraction of sp³-hybridized carbons (Fsp3) is 0.300. The minimum Gasteiger partial charge on any atom is -0.268 e. The second kappa shape index (κ2) is 5.46. The Balaban J connectivity index is 2.81. The van der Waals surface area contributed by atoms with Gasteiger partial charge in [0.15, 0.2) is 0 Å². The zero-order chi connectivity index (χ0) is 12.1. The van der Waals surface area contributed by atoms with Crippen LogP contribution in [0.15, 0.2) is 24.3 Å². The first-order chi connectivity index (χ1) is 7.56. The summed E-state index contributed by atoms with van der Waals surface area (Å²) in [5.41, 5.74) is 0.294. The summed E-state index contributed by atoms with van der Waals surface area (Å²) >= 11 is 5.72. The van der Waals surface area contributed by atoms with Crippen molar-refractivity contribution in [3.63, 3.8) is 0 Å². The van der Waals surface area contributed by atoms with E-state index in [0.717, 1.165) is 10.8 Å². The molecule has 0 atom stereocenters. The summed E-state index contributed by atoms with van der Waals surface area (Å²) in [5, 5.41) is 10.4. The van der Waals surface area contributed by atoms with Crippen molar-refractivity contribution in [1.29, 1.82) is 0 Å². The van der Waals surface area contributed by atoms with E-state index >= 15 is 0 Å². The van der Waals surface area contributed by atoms with Crippen molar-refractivity contribution in [1.82, 2.24) is 4.42 Å². The van der Waals surface area contributed by atoms with E-state index in [4.69, 9.17) is 11.8 Å². The quantitative estimate of drug-likeness (QED) is 0.463. The first-order valence-corrected chi connectivity index (χ1v) is 5.12. The highest BCUT2D eigenvalue weighted by atomic mass is 35.5. The van der Waals surface area contributed by atoms with Crippen LogP contribution in [-0.4, -0.2) is 21.8 Å². The molecule has 0 heterocycles. The lowest BCUT2D eigenvalue weighted by Crippen LogP contribution is -2.22. The number of carbonyl (C=O) groups excluding carboxylic acids is 1. The first-order valence-electron chi connectivity index (χ1n) is 4.78. The average Bonchev–Trinajstić information content (AvgIpc) is 2.28. The van der Waals surface area contributed by atoms with E-state index < -0.39 is 4.92 Å². The lowest BCUT2D eigenvalue weighted by Gasteiger charge is -2.11. The molecule has 1 amide bonds. The number of rotatable bonds is 4. The molecule has 0 bridgehead atoms. The van der Waals surface area contributed by atoms with Crippen molar-refractivity contribution < 1.29 is 9.72 Å². The minimum atomic E-state index is -0.515. The van der Waals surface area contributed by atoms with Gasteiger partial charge in [-0.2, -0.15) is 0 Å². The Hall–Kier alpha value is -1.62. The summed E-state index contributed by atoms with van der Waals surface area (Å²) < 4.78 is 1.07. The number of hydrogen-bond acceptors (Lipinski definition) is 3. The van der Waals surface area contributed by atoms with E-state index in [1.807, 2.05) is 6.92 Å². The summed E-state index contributed by atoms with van der Waals surface area (Å²) in [4.78, 5) is 21.5. The Labute approximate surface area is 97.9 Å². The highest BCUT2D eigenvalue weighted by molar-refractivity contribution is 6.24. The smallest absolute Gasteiger partial charge is 0.268 e. The van der Waals surface area contributed by atoms with E-state index in [1.54, 1.807) is 0 Å². The van der Waals surface area contributed by atoms with Crippen LogP contribution in [0.2, 0.25) is 0 Å². The van der Waals surface area contributed by atoms with Gasteiger partial charge in [0.25, 0.3) is 11.6 Å². The van der Waals surface area contributed by atoms with Crippen LogP contribution >= 0.6 is 11.8 Å². The van der Waals surface area contributed by atoms with E-state index in [9.17, 15) is 14.9 Å². The number of benzene rings is 1. The van der Waals surface area contributed by atoms with E-state index in [2.05, 4.69) is 0 Å². The summed E-state index contributed by atoms with van der Waals surface area (Å²) in [6.07, 6.45) is 0.752. The Morgan fingerprint density at radius 1 is 1.44 bits per heavy atom. The molecule has 5 nitrogen and oxygen atoms in total. The second-order valence-corrected chi connectivity index (χ2v) is 3.60. The molecule has 0 radical (unpaired) electrons. The number of amides is 1. The Bertz CT molecular complexity index is 392. The van der Waals surface area contributed by atoms with Gasteiger partial charge < -0.3 is 0 Å². The highest BCUT2D eigenvalue weighted by Crippen LogP contribution is 2.14. The van der Waals surface area contributed by atoms with Crippen molar-refractivity contribution in [2.45, 2.75) is 13.3 Å². The number of carbonyl (C=O) groups is 1. The van der Waals surface area contributed by atoms with Gasteiger partial charge in [0.05, 0.1) is 4.92 Å². The lowest BCUT2D eigenvalue weighted by atomic mass is 10.2. The third-order valence-electron chi connectivity index (χ3n) is 1.97. The molecule has 0 aromatic heterocycles. The van der Waals surface area contributed by atoms with Crippen LogP contribution in [0.5, 0.6) is 0 Å². The van der Waals surface area contributed by atoms with Gasteiger partial charge in [-0.3, -0.25) is 19.3 Å². The van der Waals surface area contributed by atoms with Crippen molar-refractivity contribution in [2.24, 2.45) is 0 Å². The molecule has 0 saturated heterocycles. The topological polar surface area (TPSA) is 63.5 Å². The molecule has 16 heavy (non-hydrogen) atoms. The van der Waals surface area contributed by atoms with E-state index in [-0.39, 0.29) is 11.6 Å². The summed E-state index contributed by atoms with van der Waals surface area (Å²) in [5.74, 6) is -0.349. The van der Waals surface area contributed by atoms with Crippen LogP contribution < -0.4 is 0 Å². The van der Waals surface area contributed by atoms with Crippen molar-refractivity contribution >= 4 is 23.4 Å². The third kappa shape index (κ3) is 2.93. The van der Waals surface area contributed by atoms with Crippen LogP contribution in [0.4, 0.5) is 5.69 Å². The van der Waals surface area contributed by atoms with Gasteiger partial charge in [-0.25, -0.2) is 0 Å². The van der Waals surface area contributed by atoms with E-state index in [0.29, 0.717) is 12.1 Å². The number of halogens is 1. The monoisotopic (exact) mass is 242 g/mol. The molecular weight excluding hydrogens is 232 g/mol. The number of hydrogen-bond donors (Lipinski definition) is 0. The van der Waals surface area contributed by atoms with Crippen LogP contribution in [0, 0.1) is 10.1 Å². The molecule has 0 spiro atoms. The summed E-state index contributed by atoms with van der Waals surface area (Å²) in [6, 6.07) is 5.35. The zero-order valence-corrected chi connectivity index (χ0v) is 9.48. The van der Waals surface area contributed by atoms with Crippen LogP contribution in [0.25, 0.3) is 0 Å². The number of nitrogens with zero attached hydrogens (tertiary/aromatic N) is 2. The zero-order valence-electron chi connectivity index (χ0n) is 8.72. The molecule has 1 aromatic carbocycles. The number of nitro groups is 1. The number of non-ortho nitro benzene ring substituents is 1. The van der Waals surface area contributed by atoms with Gasteiger partial charge in [0.1, 0.15) is 0 Å². The molecule has 6 heteroatoms. The lowest BCUT2D eigenvalue weighted by molar-refractivity contribution is -0.384. The number of nitro benzene ring substituents is 1. The summed E-state index contributed by atoms with van der Waals surface area (Å²) in [6.45, 7) is 2.34. The van der Waals surface area contributed by atoms with Crippen molar-refractivity contribution in [3.8, 4) is 0 Å². The first kappa shape index (κ1) is 12.4. The van der Waals surface area contributed by atoms with Crippen LogP contribution in [0.3, 0.4) is 0 Å². The summed E-state index contributed by atoms with van der Waals surface area (Å²) in [7, 11) is 0. The van der Waals surface area contributed by atoms with Gasteiger partial charge in [0, 0.05) is 36.0 Å². The Morgan fingerprint density at radius 2 is 2.00 bits per heavy atom. The molecule has 0 unspecified atom stereocenters. The fourth-order valence-corrected chi connectivity index (χ4v) is 1.43.